The molecule has 4 rings (SSSR count). The lowest BCUT2D eigenvalue weighted by Gasteiger charge is -2.51. The molecule has 2 bridgehead atoms. The van der Waals surface area contributed by atoms with E-state index < -0.39 is 10.8 Å². The number of rotatable bonds is 7. The van der Waals surface area contributed by atoms with Gasteiger partial charge in [-0.25, -0.2) is 4.39 Å². The van der Waals surface area contributed by atoms with Gasteiger partial charge >= 0.3 is 0 Å². The van der Waals surface area contributed by atoms with Gasteiger partial charge in [0.05, 0.1) is 5.41 Å². The lowest BCUT2D eigenvalue weighted by molar-refractivity contribution is -0.131. The Morgan fingerprint density at radius 2 is 1.81 bits per heavy atom. The second-order valence-electron chi connectivity index (χ2n) is 11.8. The summed E-state index contributed by atoms with van der Waals surface area (Å²) in [4.78, 5) is 30.4. The molecule has 2 aliphatic carbocycles. The summed E-state index contributed by atoms with van der Waals surface area (Å²) < 4.78 is 13.3. The number of carbonyl (C=O) groups is 2. The van der Waals surface area contributed by atoms with E-state index in [4.69, 9.17) is 5.73 Å². The number of fused-ring (bicyclic) bond motifs is 2. The molecule has 0 saturated heterocycles. The van der Waals surface area contributed by atoms with Crippen molar-refractivity contribution in [3.05, 3.63) is 60.2 Å². The summed E-state index contributed by atoms with van der Waals surface area (Å²) in [6, 6.07) is 9.46. The van der Waals surface area contributed by atoms with E-state index in [1.165, 1.54) is 12.1 Å². The number of halogens is 1. The van der Waals surface area contributed by atoms with Gasteiger partial charge in [0.25, 0.3) is 0 Å². The highest BCUT2D eigenvalue weighted by Crippen LogP contribution is 2.53. The molecule has 2 aromatic rings. The first-order valence-electron chi connectivity index (χ1n) is 13.0. The van der Waals surface area contributed by atoms with Crippen LogP contribution in [0, 0.1) is 34.9 Å². The SMILES string of the molecule is CC1CC2CC(CC(C)(C(=O)Nc3ccncc3)C2)C1C(N)CNC(=O)C(C)(C)c1ccc(F)cc1. The van der Waals surface area contributed by atoms with Gasteiger partial charge in [0.15, 0.2) is 0 Å². The van der Waals surface area contributed by atoms with Crippen molar-refractivity contribution in [3.8, 4) is 0 Å². The molecule has 0 aliphatic heterocycles. The summed E-state index contributed by atoms with van der Waals surface area (Å²) in [6.45, 7) is 8.38. The monoisotopic (exact) mass is 494 g/mol. The highest BCUT2D eigenvalue weighted by atomic mass is 19.1. The molecule has 6 unspecified atom stereocenters. The van der Waals surface area contributed by atoms with Crippen molar-refractivity contribution in [1.82, 2.24) is 10.3 Å². The minimum atomic E-state index is -0.800. The van der Waals surface area contributed by atoms with Crippen LogP contribution in [0.25, 0.3) is 0 Å². The molecule has 7 heteroatoms. The van der Waals surface area contributed by atoms with E-state index in [1.54, 1.807) is 24.5 Å². The zero-order chi connectivity index (χ0) is 26.1. The maximum absolute atomic E-state index is 13.3. The number of nitrogens with zero attached hydrogens (tertiary/aromatic N) is 1. The fourth-order valence-electron chi connectivity index (χ4n) is 6.75. The largest absolute Gasteiger partial charge is 0.354 e. The maximum Gasteiger partial charge on any atom is 0.230 e. The number of pyridine rings is 1. The van der Waals surface area contributed by atoms with Gasteiger partial charge < -0.3 is 16.4 Å². The van der Waals surface area contributed by atoms with E-state index in [1.807, 2.05) is 26.0 Å². The minimum Gasteiger partial charge on any atom is -0.354 e. The Kier molecular flexibility index (Phi) is 7.51. The first kappa shape index (κ1) is 26.3. The molecule has 1 aromatic heterocycles. The smallest absolute Gasteiger partial charge is 0.230 e. The standard InChI is InChI=1S/C29H39FN4O2/c1-18-13-19-14-20(16-29(4,15-19)27(36)34-23-9-11-32-12-10-23)25(18)24(31)17-33-26(35)28(2,3)21-5-7-22(30)8-6-21/h5-12,18-20,24-25H,13-17,31H2,1-4H3,(H,33,35)(H,32,34,36). The van der Waals surface area contributed by atoms with Crippen molar-refractivity contribution in [2.45, 2.75) is 64.8 Å². The Labute approximate surface area is 213 Å². The molecule has 36 heavy (non-hydrogen) atoms. The number of hydrogen-bond acceptors (Lipinski definition) is 4. The number of benzene rings is 1. The second kappa shape index (κ2) is 10.3. The van der Waals surface area contributed by atoms with E-state index in [0.717, 1.165) is 36.9 Å². The Morgan fingerprint density at radius 3 is 2.47 bits per heavy atom. The summed E-state index contributed by atoms with van der Waals surface area (Å²) in [7, 11) is 0. The summed E-state index contributed by atoms with van der Waals surface area (Å²) in [5, 5.41) is 6.14. The van der Waals surface area contributed by atoms with Crippen molar-refractivity contribution in [1.29, 1.82) is 0 Å². The first-order chi connectivity index (χ1) is 17.0. The van der Waals surface area contributed by atoms with Crippen molar-refractivity contribution >= 4 is 17.5 Å². The lowest BCUT2D eigenvalue weighted by Crippen LogP contribution is -2.54. The topological polar surface area (TPSA) is 97.1 Å². The normalized spacial score (nSPS) is 28.7. The van der Waals surface area contributed by atoms with Crippen LogP contribution < -0.4 is 16.4 Å². The molecule has 4 N–H and O–H groups in total. The molecule has 2 saturated carbocycles. The zero-order valence-electron chi connectivity index (χ0n) is 21.8. The van der Waals surface area contributed by atoms with E-state index in [0.29, 0.717) is 24.3 Å². The second-order valence-corrected chi connectivity index (χ2v) is 11.8. The van der Waals surface area contributed by atoms with Gasteiger partial charge in [-0.15, -0.1) is 0 Å². The highest BCUT2D eigenvalue weighted by molar-refractivity contribution is 5.95. The molecule has 1 heterocycles. The van der Waals surface area contributed by atoms with Crippen LogP contribution in [0.2, 0.25) is 0 Å². The van der Waals surface area contributed by atoms with Crippen molar-refractivity contribution in [2.24, 2.45) is 34.8 Å². The number of amides is 2. The van der Waals surface area contributed by atoms with E-state index >= 15 is 0 Å². The van der Waals surface area contributed by atoms with Crippen LogP contribution in [0.15, 0.2) is 48.8 Å². The Balaban J connectivity index is 1.41. The molecule has 2 amide bonds. The van der Waals surface area contributed by atoms with Crippen LogP contribution in [0.4, 0.5) is 10.1 Å². The van der Waals surface area contributed by atoms with Crippen LogP contribution in [-0.4, -0.2) is 29.4 Å². The molecule has 0 radical (unpaired) electrons. The Morgan fingerprint density at radius 1 is 1.14 bits per heavy atom. The third-order valence-electron chi connectivity index (χ3n) is 8.61. The molecular formula is C29H39FN4O2. The van der Waals surface area contributed by atoms with Crippen LogP contribution in [-0.2, 0) is 15.0 Å². The van der Waals surface area contributed by atoms with Crippen LogP contribution in [0.1, 0.15) is 58.9 Å². The quantitative estimate of drug-likeness (QED) is 0.522. The summed E-state index contributed by atoms with van der Waals surface area (Å²) in [5.41, 5.74) is 7.01. The maximum atomic E-state index is 13.3. The van der Waals surface area contributed by atoms with Gasteiger partial charge in [-0.3, -0.25) is 14.6 Å². The molecule has 2 aliphatic rings. The molecule has 1 aromatic carbocycles. The Bertz CT molecular complexity index is 1070. The average molecular weight is 495 g/mol. The summed E-state index contributed by atoms with van der Waals surface area (Å²) in [5.74, 6) is 1.09. The number of nitrogens with one attached hydrogen (secondary N) is 2. The third kappa shape index (κ3) is 5.46. The minimum absolute atomic E-state index is 0.0552. The first-order valence-corrected chi connectivity index (χ1v) is 13.0. The molecule has 6 nitrogen and oxygen atoms in total. The molecule has 194 valence electrons. The van der Waals surface area contributed by atoms with Crippen LogP contribution in [0.5, 0.6) is 0 Å². The predicted octanol–water partition coefficient (Wildman–Crippen LogP) is 4.66. The number of carbonyl (C=O) groups excluding carboxylic acids is 2. The molecule has 6 atom stereocenters. The third-order valence-corrected chi connectivity index (χ3v) is 8.61. The average Bonchev–Trinajstić information content (AvgIpc) is 2.82. The van der Waals surface area contributed by atoms with E-state index in [9.17, 15) is 14.0 Å². The van der Waals surface area contributed by atoms with Crippen LogP contribution in [0.3, 0.4) is 0 Å². The summed E-state index contributed by atoms with van der Waals surface area (Å²) in [6.07, 6.45) is 7.15. The van der Waals surface area contributed by atoms with E-state index in [2.05, 4.69) is 29.5 Å². The molecule has 0 spiro atoms. The van der Waals surface area contributed by atoms with Gasteiger partial charge in [-0.1, -0.05) is 26.0 Å². The van der Waals surface area contributed by atoms with Gasteiger partial charge in [0.1, 0.15) is 5.82 Å². The molecule has 2 fully saturated rings. The lowest BCUT2D eigenvalue weighted by atomic mass is 9.54. The van der Waals surface area contributed by atoms with Gasteiger partial charge in [-0.05, 0) is 93.0 Å². The molecular weight excluding hydrogens is 455 g/mol. The fourth-order valence-corrected chi connectivity index (χ4v) is 6.75. The van der Waals surface area contributed by atoms with Crippen LogP contribution >= 0.6 is 0 Å². The van der Waals surface area contributed by atoms with E-state index in [-0.39, 0.29) is 29.6 Å². The number of hydrogen-bond donors (Lipinski definition) is 3. The summed E-state index contributed by atoms with van der Waals surface area (Å²) >= 11 is 0. The van der Waals surface area contributed by atoms with Gasteiger partial charge in [-0.2, -0.15) is 0 Å². The van der Waals surface area contributed by atoms with Gasteiger partial charge in [0.2, 0.25) is 11.8 Å². The van der Waals surface area contributed by atoms with Crippen molar-refractivity contribution in [3.63, 3.8) is 0 Å². The van der Waals surface area contributed by atoms with Crippen molar-refractivity contribution < 1.29 is 14.0 Å². The predicted molar refractivity (Wildman–Crippen MR) is 139 cm³/mol. The fraction of sp³-hybridized carbons (Fsp3) is 0.552. The number of aromatic nitrogens is 1. The highest BCUT2D eigenvalue weighted by Gasteiger charge is 2.50. The Hall–Kier alpha value is -2.80. The van der Waals surface area contributed by atoms with Crippen molar-refractivity contribution in [2.75, 3.05) is 11.9 Å². The number of anilines is 1. The number of nitrogens with two attached hydrogens (primary N) is 1. The van der Waals surface area contributed by atoms with Gasteiger partial charge in [0, 0.05) is 36.1 Å². The zero-order valence-corrected chi connectivity index (χ0v) is 21.8.